The van der Waals surface area contributed by atoms with Crippen LogP contribution in [0.25, 0.3) is 0 Å². The molecule has 2 N–H and O–H groups in total. The highest BCUT2D eigenvalue weighted by atomic mass is 16.5. The third-order valence-electron chi connectivity index (χ3n) is 3.42. The number of aryl methyl sites for hydroxylation is 1. The van der Waals surface area contributed by atoms with E-state index in [1.54, 1.807) is 6.20 Å². The molecule has 1 saturated carbocycles. The highest BCUT2D eigenvalue weighted by Gasteiger charge is 2.31. The van der Waals surface area contributed by atoms with E-state index in [0.29, 0.717) is 6.10 Å². The van der Waals surface area contributed by atoms with Gasteiger partial charge in [0.25, 0.3) is 0 Å². The first-order valence-electron chi connectivity index (χ1n) is 6.05. The number of rotatable bonds is 5. The molecule has 4 nitrogen and oxygen atoms in total. The zero-order valence-corrected chi connectivity index (χ0v) is 10.1. The topological polar surface area (TPSA) is 53.1 Å². The van der Waals surface area contributed by atoms with Gasteiger partial charge in [-0.2, -0.15) is 5.10 Å². The van der Waals surface area contributed by atoms with E-state index >= 15 is 0 Å². The Balaban J connectivity index is 1.77. The maximum absolute atomic E-state index is 6.17. The second kappa shape index (κ2) is 4.97. The lowest BCUT2D eigenvalue weighted by atomic mass is 9.78. The van der Waals surface area contributed by atoms with Crippen molar-refractivity contribution in [2.75, 3.05) is 6.61 Å². The highest BCUT2D eigenvalue weighted by molar-refractivity contribution is 5.06. The van der Waals surface area contributed by atoms with Gasteiger partial charge >= 0.3 is 0 Å². The largest absolute Gasteiger partial charge is 0.378 e. The lowest BCUT2D eigenvalue weighted by Gasteiger charge is -2.36. The lowest BCUT2D eigenvalue weighted by molar-refractivity contribution is -0.0283. The molecule has 0 radical (unpaired) electrons. The van der Waals surface area contributed by atoms with Crippen LogP contribution in [0.4, 0.5) is 0 Å². The van der Waals surface area contributed by atoms with Crippen LogP contribution in [0.5, 0.6) is 0 Å². The van der Waals surface area contributed by atoms with Crippen LogP contribution in [-0.2, 0) is 11.8 Å². The van der Waals surface area contributed by atoms with E-state index in [9.17, 15) is 0 Å². The molecule has 0 aromatic carbocycles. The molecule has 2 rings (SSSR count). The van der Waals surface area contributed by atoms with Crippen LogP contribution in [-0.4, -0.2) is 22.5 Å². The van der Waals surface area contributed by atoms with Gasteiger partial charge in [-0.3, -0.25) is 4.68 Å². The first-order valence-corrected chi connectivity index (χ1v) is 6.05. The van der Waals surface area contributed by atoms with Gasteiger partial charge in [0.2, 0.25) is 0 Å². The summed E-state index contributed by atoms with van der Waals surface area (Å²) in [4.78, 5) is 0. The van der Waals surface area contributed by atoms with Gasteiger partial charge in [-0.1, -0.05) is 0 Å². The maximum atomic E-state index is 6.17. The fourth-order valence-electron chi connectivity index (χ4n) is 2.47. The Hall–Kier alpha value is -0.870. The Kier molecular flexibility index (Phi) is 3.61. The van der Waals surface area contributed by atoms with Gasteiger partial charge in [0.1, 0.15) is 0 Å². The fraction of sp³-hybridized carbons (Fsp3) is 0.750. The monoisotopic (exact) mass is 223 g/mol. The predicted octanol–water partition coefficient (Wildman–Crippen LogP) is 1.63. The third kappa shape index (κ3) is 2.44. The minimum absolute atomic E-state index is 0.111. The van der Waals surface area contributed by atoms with E-state index in [-0.39, 0.29) is 6.04 Å². The average Bonchev–Trinajstić information content (AvgIpc) is 2.61. The van der Waals surface area contributed by atoms with E-state index in [4.69, 9.17) is 10.5 Å². The van der Waals surface area contributed by atoms with Gasteiger partial charge in [0, 0.05) is 25.9 Å². The minimum Gasteiger partial charge on any atom is -0.378 e. The Morgan fingerprint density at radius 3 is 2.94 bits per heavy atom. The zero-order chi connectivity index (χ0) is 11.5. The molecule has 1 atom stereocenters. The summed E-state index contributed by atoms with van der Waals surface area (Å²) in [5, 5.41) is 4.15. The van der Waals surface area contributed by atoms with Gasteiger partial charge in [0.15, 0.2) is 0 Å². The number of hydrogen-bond acceptors (Lipinski definition) is 3. The van der Waals surface area contributed by atoms with Crippen molar-refractivity contribution < 1.29 is 4.74 Å². The van der Waals surface area contributed by atoms with Crippen molar-refractivity contribution in [3.63, 3.8) is 0 Å². The van der Waals surface area contributed by atoms with Crippen molar-refractivity contribution in [3.05, 3.63) is 18.0 Å². The van der Waals surface area contributed by atoms with Crippen LogP contribution in [0.2, 0.25) is 0 Å². The molecular formula is C12H21N3O. The molecule has 1 heterocycles. The summed E-state index contributed by atoms with van der Waals surface area (Å²) in [6.45, 7) is 2.87. The molecule has 0 amide bonds. The van der Waals surface area contributed by atoms with Crippen LogP contribution >= 0.6 is 0 Å². The molecule has 0 bridgehead atoms. The molecule has 0 saturated heterocycles. The number of ether oxygens (including phenoxy) is 1. The summed E-state index contributed by atoms with van der Waals surface area (Å²) in [6.07, 6.45) is 5.66. The number of nitrogens with zero attached hydrogens (tertiary/aromatic N) is 2. The van der Waals surface area contributed by atoms with E-state index in [1.165, 1.54) is 12.8 Å². The minimum atomic E-state index is 0.111. The van der Waals surface area contributed by atoms with Crippen molar-refractivity contribution in [1.29, 1.82) is 0 Å². The van der Waals surface area contributed by atoms with Crippen LogP contribution in [0.15, 0.2) is 12.3 Å². The second-order valence-electron chi connectivity index (χ2n) is 4.64. The summed E-state index contributed by atoms with van der Waals surface area (Å²) in [6, 6.07) is 2.11. The van der Waals surface area contributed by atoms with Gasteiger partial charge in [-0.15, -0.1) is 0 Å². The van der Waals surface area contributed by atoms with Crippen LogP contribution in [0, 0.1) is 5.92 Å². The quantitative estimate of drug-likeness (QED) is 0.825. The van der Waals surface area contributed by atoms with E-state index in [2.05, 4.69) is 12.0 Å². The Morgan fingerprint density at radius 2 is 2.38 bits per heavy atom. The second-order valence-corrected chi connectivity index (χ2v) is 4.64. The predicted molar refractivity (Wildman–Crippen MR) is 62.9 cm³/mol. The molecule has 1 aromatic rings. The van der Waals surface area contributed by atoms with Crippen molar-refractivity contribution in [2.24, 2.45) is 18.7 Å². The summed E-state index contributed by atoms with van der Waals surface area (Å²) in [5.74, 6) is 0.724. The average molecular weight is 223 g/mol. The normalized spacial score (nSPS) is 26.4. The molecule has 0 spiro atoms. The zero-order valence-electron chi connectivity index (χ0n) is 10.1. The molecule has 1 aliphatic carbocycles. The Labute approximate surface area is 96.8 Å². The summed E-state index contributed by atoms with van der Waals surface area (Å²) >= 11 is 0. The Morgan fingerprint density at radius 1 is 1.62 bits per heavy atom. The van der Waals surface area contributed by atoms with E-state index in [1.807, 2.05) is 17.8 Å². The van der Waals surface area contributed by atoms with Crippen molar-refractivity contribution in [1.82, 2.24) is 9.78 Å². The van der Waals surface area contributed by atoms with Crippen LogP contribution in [0.3, 0.4) is 0 Å². The fourth-order valence-corrected chi connectivity index (χ4v) is 2.47. The standard InChI is InChI=1S/C12H21N3O/c1-3-16-10-6-9(7-10)8-11(13)12-4-5-14-15(12)2/h4-5,9-11H,3,6-8,13H2,1-2H3. The first-order chi connectivity index (χ1) is 7.70. The molecule has 0 aliphatic heterocycles. The van der Waals surface area contributed by atoms with Crippen LogP contribution in [0.1, 0.15) is 37.9 Å². The molecular weight excluding hydrogens is 202 g/mol. The molecule has 4 heteroatoms. The number of nitrogens with two attached hydrogens (primary N) is 1. The van der Waals surface area contributed by atoms with Crippen LogP contribution < -0.4 is 5.73 Å². The van der Waals surface area contributed by atoms with Gasteiger partial charge in [-0.25, -0.2) is 0 Å². The summed E-state index contributed by atoms with van der Waals surface area (Å²) in [5.41, 5.74) is 7.29. The van der Waals surface area contributed by atoms with Gasteiger partial charge in [-0.05, 0) is 38.2 Å². The van der Waals surface area contributed by atoms with Crippen molar-refractivity contribution in [3.8, 4) is 0 Å². The molecule has 90 valence electrons. The number of aromatic nitrogens is 2. The number of hydrogen-bond donors (Lipinski definition) is 1. The Bertz CT molecular complexity index is 331. The van der Waals surface area contributed by atoms with Crippen molar-refractivity contribution >= 4 is 0 Å². The molecule has 16 heavy (non-hydrogen) atoms. The molecule has 1 aliphatic rings. The molecule has 1 fully saturated rings. The highest BCUT2D eigenvalue weighted by Crippen LogP contribution is 2.35. The van der Waals surface area contributed by atoms with Crippen molar-refractivity contribution in [2.45, 2.75) is 38.3 Å². The summed E-state index contributed by atoms with van der Waals surface area (Å²) in [7, 11) is 1.94. The first kappa shape index (κ1) is 11.6. The molecule has 1 aromatic heterocycles. The van der Waals surface area contributed by atoms with E-state index in [0.717, 1.165) is 24.6 Å². The lowest BCUT2D eigenvalue weighted by Crippen LogP contribution is -2.33. The van der Waals surface area contributed by atoms with Gasteiger partial charge < -0.3 is 10.5 Å². The van der Waals surface area contributed by atoms with Gasteiger partial charge in [0.05, 0.1) is 11.8 Å². The third-order valence-corrected chi connectivity index (χ3v) is 3.42. The smallest absolute Gasteiger partial charge is 0.0580 e. The molecule has 1 unspecified atom stereocenters. The van der Waals surface area contributed by atoms with E-state index < -0.39 is 0 Å². The summed E-state index contributed by atoms with van der Waals surface area (Å²) < 4.78 is 7.41. The maximum Gasteiger partial charge on any atom is 0.0580 e. The SMILES string of the molecule is CCOC1CC(CC(N)c2ccnn2C)C1.